The molecule has 1 aromatic carbocycles. The van der Waals surface area contributed by atoms with Crippen molar-refractivity contribution in [3.63, 3.8) is 0 Å². The molecule has 26 heavy (non-hydrogen) atoms. The van der Waals surface area contributed by atoms with Gasteiger partial charge in [-0.3, -0.25) is 9.59 Å². The lowest BCUT2D eigenvalue weighted by atomic mass is 10.2. The number of nitrogens with zero attached hydrogens (tertiary/aromatic N) is 2. The molecule has 6 nitrogen and oxygen atoms in total. The molecule has 1 heterocycles. The van der Waals surface area contributed by atoms with Crippen molar-refractivity contribution in [1.29, 1.82) is 0 Å². The molecule has 0 N–H and O–H groups in total. The molecule has 0 aliphatic carbocycles. The van der Waals surface area contributed by atoms with Crippen molar-refractivity contribution in [2.24, 2.45) is 0 Å². The number of benzene rings is 1. The van der Waals surface area contributed by atoms with Gasteiger partial charge in [0, 0.05) is 31.2 Å². The van der Waals surface area contributed by atoms with Crippen LogP contribution < -0.4 is 4.74 Å². The zero-order valence-electron chi connectivity index (χ0n) is 15.0. The Morgan fingerprint density at radius 3 is 2.42 bits per heavy atom. The van der Waals surface area contributed by atoms with Crippen LogP contribution in [0.2, 0.25) is 5.02 Å². The fraction of sp³-hybridized carbons (Fsp3) is 0.474. The van der Waals surface area contributed by atoms with E-state index in [9.17, 15) is 9.59 Å². The van der Waals surface area contributed by atoms with Crippen LogP contribution in [0.15, 0.2) is 36.9 Å². The molecule has 0 bridgehead atoms. The van der Waals surface area contributed by atoms with Gasteiger partial charge in [0.1, 0.15) is 11.9 Å². The van der Waals surface area contributed by atoms with Crippen LogP contribution in [0.25, 0.3) is 0 Å². The fourth-order valence-electron chi connectivity index (χ4n) is 2.60. The molecule has 1 aliphatic rings. The van der Waals surface area contributed by atoms with Gasteiger partial charge in [0.2, 0.25) is 0 Å². The number of hydrogen-bond donors (Lipinski definition) is 0. The quantitative estimate of drug-likeness (QED) is 0.513. The molecule has 0 saturated carbocycles. The predicted octanol–water partition coefficient (Wildman–Crippen LogP) is 2.37. The summed E-state index contributed by atoms with van der Waals surface area (Å²) in [5.41, 5.74) is 0. The molecule has 1 aromatic rings. The van der Waals surface area contributed by atoms with Crippen molar-refractivity contribution in [3.8, 4) is 5.75 Å². The summed E-state index contributed by atoms with van der Waals surface area (Å²) in [7, 11) is 0. The first-order valence-electron chi connectivity index (χ1n) is 8.68. The monoisotopic (exact) mass is 380 g/mol. The zero-order valence-corrected chi connectivity index (χ0v) is 15.8. The van der Waals surface area contributed by atoms with Crippen LogP contribution in [-0.2, 0) is 14.3 Å². The van der Waals surface area contributed by atoms with E-state index >= 15 is 0 Å². The van der Waals surface area contributed by atoms with Gasteiger partial charge in [-0.2, -0.15) is 0 Å². The van der Waals surface area contributed by atoms with E-state index in [4.69, 9.17) is 21.1 Å². The Labute approximate surface area is 159 Å². The third-order valence-corrected chi connectivity index (χ3v) is 4.41. The summed E-state index contributed by atoms with van der Waals surface area (Å²) in [6.45, 7) is 7.82. The SMILES string of the molecule is C=CCCOC(C)C(=O)N1CCN(C(=O)COc2ccc(Cl)cc2)CC1. The van der Waals surface area contributed by atoms with Gasteiger partial charge < -0.3 is 19.3 Å². The molecule has 0 radical (unpaired) electrons. The zero-order chi connectivity index (χ0) is 18.9. The Balaban J connectivity index is 1.72. The van der Waals surface area contributed by atoms with Crippen molar-refractivity contribution in [1.82, 2.24) is 9.80 Å². The van der Waals surface area contributed by atoms with Crippen molar-refractivity contribution in [2.75, 3.05) is 39.4 Å². The number of hydrogen-bond acceptors (Lipinski definition) is 4. The number of halogens is 1. The highest BCUT2D eigenvalue weighted by atomic mass is 35.5. The highest BCUT2D eigenvalue weighted by Gasteiger charge is 2.27. The first-order valence-corrected chi connectivity index (χ1v) is 9.06. The average Bonchev–Trinajstić information content (AvgIpc) is 2.67. The van der Waals surface area contributed by atoms with E-state index in [0.717, 1.165) is 0 Å². The number of piperazine rings is 1. The standard InChI is InChI=1S/C19H25ClN2O4/c1-3-4-13-25-15(2)19(24)22-11-9-21(10-12-22)18(23)14-26-17-7-5-16(20)6-8-17/h3,5-8,15H,1,4,9-14H2,2H3. The van der Waals surface area contributed by atoms with E-state index in [1.165, 1.54) is 0 Å². The maximum Gasteiger partial charge on any atom is 0.260 e. The van der Waals surface area contributed by atoms with E-state index < -0.39 is 6.10 Å². The summed E-state index contributed by atoms with van der Waals surface area (Å²) in [5, 5.41) is 0.618. The molecular weight excluding hydrogens is 356 g/mol. The highest BCUT2D eigenvalue weighted by Crippen LogP contribution is 2.15. The van der Waals surface area contributed by atoms with Gasteiger partial charge in [-0.1, -0.05) is 17.7 Å². The van der Waals surface area contributed by atoms with E-state index in [0.29, 0.717) is 50.0 Å². The van der Waals surface area contributed by atoms with Gasteiger partial charge in [-0.15, -0.1) is 6.58 Å². The third-order valence-electron chi connectivity index (χ3n) is 4.16. The summed E-state index contributed by atoms with van der Waals surface area (Å²) in [6.07, 6.45) is 1.99. The van der Waals surface area contributed by atoms with Crippen LogP contribution in [0.5, 0.6) is 5.75 Å². The highest BCUT2D eigenvalue weighted by molar-refractivity contribution is 6.30. The van der Waals surface area contributed by atoms with Crippen LogP contribution >= 0.6 is 11.6 Å². The number of carbonyl (C=O) groups excluding carboxylic acids is 2. The molecule has 1 aliphatic heterocycles. The summed E-state index contributed by atoms with van der Waals surface area (Å²) in [5.74, 6) is 0.461. The van der Waals surface area contributed by atoms with E-state index in [1.807, 2.05) is 0 Å². The third kappa shape index (κ3) is 6.04. The lowest BCUT2D eigenvalue weighted by Gasteiger charge is -2.35. The van der Waals surface area contributed by atoms with Gasteiger partial charge in [0.05, 0.1) is 6.61 Å². The number of ether oxygens (including phenoxy) is 2. The smallest absolute Gasteiger partial charge is 0.260 e. The van der Waals surface area contributed by atoms with Crippen molar-refractivity contribution >= 4 is 23.4 Å². The summed E-state index contributed by atoms with van der Waals surface area (Å²) in [4.78, 5) is 28.1. The van der Waals surface area contributed by atoms with Gasteiger partial charge in [0.25, 0.3) is 11.8 Å². The van der Waals surface area contributed by atoms with Crippen LogP contribution in [0.4, 0.5) is 0 Å². The predicted molar refractivity (Wildman–Crippen MR) is 100 cm³/mol. The van der Waals surface area contributed by atoms with E-state index in [1.54, 1.807) is 47.1 Å². The first-order chi connectivity index (χ1) is 12.5. The van der Waals surface area contributed by atoms with Crippen molar-refractivity contribution < 1.29 is 19.1 Å². The second-order valence-corrected chi connectivity index (χ2v) is 6.48. The molecule has 7 heteroatoms. The van der Waals surface area contributed by atoms with Gasteiger partial charge in [-0.25, -0.2) is 0 Å². The van der Waals surface area contributed by atoms with E-state index in [2.05, 4.69) is 6.58 Å². The Hall–Kier alpha value is -2.05. The van der Waals surface area contributed by atoms with Gasteiger partial charge in [0.15, 0.2) is 6.61 Å². The second kappa shape index (κ2) is 10.2. The van der Waals surface area contributed by atoms with Crippen LogP contribution in [0.3, 0.4) is 0 Å². The Morgan fingerprint density at radius 1 is 1.19 bits per heavy atom. The minimum atomic E-state index is -0.481. The fourth-order valence-corrected chi connectivity index (χ4v) is 2.73. The maximum atomic E-state index is 12.3. The lowest BCUT2D eigenvalue weighted by molar-refractivity contribution is -0.147. The van der Waals surface area contributed by atoms with Crippen LogP contribution in [0.1, 0.15) is 13.3 Å². The van der Waals surface area contributed by atoms with Crippen molar-refractivity contribution in [2.45, 2.75) is 19.4 Å². The summed E-state index contributed by atoms with van der Waals surface area (Å²) >= 11 is 5.82. The van der Waals surface area contributed by atoms with E-state index in [-0.39, 0.29) is 18.4 Å². The molecule has 0 aromatic heterocycles. The lowest BCUT2D eigenvalue weighted by Crippen LogP contribution is -2.53. The minimum absolute atomic E-state index is 0.0311. The molecular formula is C19H25ClN2O4. The Kier molecular flexibility index (Phi) is 7.94. The first kappa shape index (κ1) is 20.3. The molecule has 1 unspecified atom stereocenters. The Bertz CT molecular complexity index is 612. The largest absolute Gasteiger partial charge is 0.484 e. The van der Waals surface area contributed by atoms with Gasteiger partial charge in [-0.05, 0) is 37.6 Å². The number of carbonyl (C=O) groups is 2. The maximum absolute atomic E-state index is 12.3. The van der Waals surface area contributed by atoms with Crippen LogP contribution in [-0.4, -0.2) is 67.1 Å². The summed E-state index contributed by atoms with van der Waals surface area (Å²) < 4.78 is 11.0. The van der Waals surface area contributed by atoms with Crippen molar-refractivity contribution in [3.05, 3.63) is 41.9 Å². The molecule has 142 valence electrons. The minimum Gasteiger partial charge on any atom is -0.484 e. The topological polar surface area (TPSA) is 59.1 Å². The Morgan fingerprint density at radius 2 is 1.81 bits per heavy atom. The molecule has 1 fully saturated rings. The molecule has 1 saturated heterocycles. The number of amides is 2. The second-order valence-electron chi connectivity index (χ2n) is 6.04. The average molecular weight is 381 g/mol. The molecule has 0 spiro atoms. The number of rotatable bonds is 8. The van der Waals surface area contributed by atoms with Crippen LogP contribution in [0, 0.1) is 0 Å². The molecule has 2 rings (SSSR count). The normalized spacial score (nSPS) is 15.5. The molecule has 1 atom stereocenters. The molecule has 2 amide bonds. The summed E-state index contributed by atoms with van der Waals surface area (Å²) in [6, 6.07) is 6.87. The van der Waals surface area contributed by atoms with Gasteiger partial charge >= 0.3 is 0 Å².